The van der Waals surface area contributed by atoms with Crippen LogP contribution in [0.4, 0.5) is 0 Å². The first-order chi connectivity index (χ1) is 7.18. The first kappa shape index (κ1) is 11.4. The van der Waals surface area contributed by atoms with Crippen molar-refractivity contribution in [3.8, 4) is 0 Å². The Kier molecular flexibility index (Phi) is 4.46. The molecule has 82 valence electrons. The third-order valence-corrected chi connectivity index (χ3v) is 1.78. The maximum absolute atomic E-state index is 11.1. The fraction of sp³-hybridized carbons (Fsp3) is 0.556. The van der Waals surface area contributed by atoms with Gasteiger partial charge in [-0.3, -0.25) is 4.79 Å². The molecule has 1 aromatic heterocycles. The molecular formula is C9H13N3O3. The molecule has 1 heterocycles. The lowest BCUT2D eigenvalue weighted by molar-refractivity contribution is -0.124. The van der Waals surface area contributed by atoms with Gasteiger partial charge in [0.05, 0.1) is 0 Å². The summed E-state index contributed by atoms with van der Waals surface area (Å²) in [7, 11) is 0. The number of carbonyl (C=O) groups excluding carboxylic acids is 2. The van der Waals surface area contributed by atoms with E-state index >= 15 is 0 Å². The number of hydrogen-bond donors (Lipinski definition) is 1. The number of ketones is 1. The molecule has 0 atom stereocenters. The zero-order valence-corrected chi connectivity index (χ0v) is 8.52. The normalized spacial score (nSPS) is 9.93. The molecule has 0 fully saturated rings. The third-order valence-electron chi connectivity index (χ3n) is 1.78. The van der Waals surface area contributed by atoms with Crippen LogP contribution in [0.15, 0.2) is 10.9 Å². The van der Waals surface area contributed by atoms with E-state index in [1.54, 1.807) is 0 Å². The SMILES string of the molecule is CC(=O)CCC(=O)NCCc1ncon1. The molecule has 6 heteroatoms. The molecule has 15 heavy (non-hydrogen) atoms. The molecule has 0 aliphatic heterocycles. The van der Waals surface area contributed by atoms with E-state index in [9.17, 15) is 9.59 Å². The Morgan fingerprint density at radius 2 is 2.27 bits per heavy atom. The van der Waals surface area contributed by atoms with Crippen molar-refractivity contribution in [1.82, 2.24) is 15.5 Å². The molecular weight excluding hydrogens is 198 g/mol. The second-order valence-corrected chi connectivity index (χ2v) is 3.15. The second-order valence-electron chi connectivity index (χ2n) is 3.15. The van der Waals surface area contributed by atoms with Gasteiger partial charge in [-0.25, -0.2) is 0 Å². The lowest BCUT2D eigenvalue weighted by atomic mass is 10.2. The third kappa shape index (κ3) is 4.90. The lowest BCUT2D eigenvalue weighted by Crippen LogP contribution is -2.26. The topological polar surface area (TPSA) is 85.1 Å². The number of rotatable bonds is 6. The van der Waals surface area contributed by atoms with Crippen LogP contribution in [0, 0.1) is 0 Å². The van der Waals surface area contributed by atoms with Crippen LogP contribution < -0.4 is 5.32 Å². The van der Waals surface area contributed by atoms with E-state index in [2.05, 4.69) is 20.0 Å². The minimum Gasteiger partial charge on any atom is -0.356 e. The summed E-state index contributed by atoms with van der Waals surface area (Å²) in [4.78, 5) is 25.5. The quantitative estimate of drug-likeness (QED) is 0.721. The van der Waals surface area contributed by atoms with Crippen LogP contribution in [-0.4, -0.2) is 28.4 Å². The standard InChI is InChI=1S/C9H13N3O3/c1-7(13)2-3-9(14)10-5-4-8-11-6-15-12-8/h6H,2-5H2,1H3,(H,10,14). The Morgan fingerprint density at radius 3 is 2.87 bits per heavy atom. The highest BCUT2D eigenvalue weighted by Gasteiger charge is 2.03. The Hall–Kier alpha value is -1.72. The number of carbonyl (C=O) groups is 2. The summed E-state index contributed by atoms with van der Waals surface area (Å²) >= 11 is 0. The van der Waals surface area contributed by atoms with Gasteiger partial charge in [0.25, 0.3) is 0 Å². The molecule has 0 aliphatic rings. The van der Waals surface area contributed by atoms with E-state index < -0.39 is 0 Å². The zero-order valence-electron chi connectivity index (χ0n) is 8.52. The first-order valence-electron chi connectivity index (χ1n) is 4.70. The molecule has 0 aliphatic carbocycles. The fourth-order valence-corrected chi connectivity index (χ4v) is 0.994. The minimum atomic E-state index is -0.131. The highest BCUT2D eigenvalue weighted by Crippen LogP contribution is 1.91. The summed E-state index contributed by atoms with van der Waals surface area (Å²) in [5.74, 6) is 0.443. The summed E-state index contributed by atoms with van der Waals surface area (Å²) in [6, 6.07) is 0. The van der Waals surface area contributed by atoms with Crippen LogP contribution in [0.5, 0.6) is 0 Å². The molecule has 0 saturated heterocycles. The molecule has 0 bridgehead atoms. The Morgan fingerprint density at radius 1 is 1.47 bits per heavy atom. The summed E-state index contributed by atoms with van der Waals surface area (Å²) in [5, 5.41) is 6.26. The van der Waals surface area contributed by atoms with Crippen molar-refractivity contribution < 1.29 is 14.1 Å². The Labute approximate surface area is 87.0 Å². The molecule has 1 N–H and O–H groups in total. The van der Waals surface area contributed by atoms with Crippen molar-refractivity contribution in [2.75, 3.05) is 6.54 Å². The maximum Gasteiger partial charge on any atom is 0.220 e. The van der Waals surface area contributed by atoms with Gasteiger partial charge in [-0.15, -0.1) is 0 Å². The van der Waals surface area contributed by atoms with E-state index in [0.717, 1.165) is 0 Å². The smallest absolute Gasteiger partial charge is 0.220 e. The van der Waals surface area contributed by atoms with Crippen molar-refractivity contribution in [1.29, 1.82) is 0 Å². The van der Waals surface area contributed by atoms with Crippen molar-refractivity contribution in [3.05, 3.63) is 12.2 Å². The van der Waals surface area contributed by atoms with Crippen LogP contribution in [-0.2, 0) is 16.0 Å². The largest absolute Gasteiger partial charge is 0.356 e. The molecule has 0 unspecified atom stereocenters. The maximum atomic E-state index is 11.1. The number of nitrogens with zero attached hydrogens (tertiary/aromatic N) is 2. The predicted molar refractivity (Wildman–Crippen MR) is 50.9 cm³/mol. The van der Waals surface area contributed by atoms with Crippen molar-refractivity contribution in [2.45, 2.75) is 26.2 Å². The number of nitrogens with one attached hydrogen (secondary N) is 1. The Bertz CT molecular complexity index is 321. The molecule has 0 aromatic carbocycles. The summed E-state index contributed by atoms with van der Waals surface area (Å²) in [6.45, 7) is 1.92. The number of amides is 1. The summed E-state index contributed by atoms with van der Waals surface area (Å²) < 4.78 is 4.53. The van der Waals surface area contributed by atoms with Crippen LogP contribution >= 0.6 is 0 Å². The number of Topliss-reactive ketones (excluding diaryl/α,β-unsaturated/α-hetero) is 1. The van der Waals surface area contributed by atoms with Gasteiger partial charge in [0, 0.05) is 25.8 Å². The van der Waals surface area contributed by atoms with E-state index in [1.807, 2.05) is 0 Å². The van der Waals surface area contributed by atoms with Gasteiger partial charge in [0.15, 0.2) is 5.82 Å². The molecule has 0 radical (unpaired) electrons. The van der Waals surface area contributed by atoms with Gasteiger partial charge in [0.1, 0.15) is 5.78 Å². The highest BCUT2D eigenvalue weighted by molar-refractivity contribution is 5.83. The van der Waals surface area contributed by atoms with Gasteiger partial charge in [-0.05, 0) is 6.92 Å². The van der Waals surface area contributed by atoms with E-state index in [0.29, 0.717) is 18.8 Å². The molecule has 0 spiro atoms. The highest BCUT2D eigenvalue weighted by atomic mass is 16.5. The van der Waals surface area contributed by atoms with Crippen LogP contribution in [0.1, 0.15) is 25.6 Å². The number of aromatic nitrogens is 2. The van der Waals surface area contributed by atoms with E-state index in [4.69, 9.17) is 0 Å². The number of hydrogen-bond acceptors (Lipinski definition) is 5. The van der Waals surface area contributed by atoms with Gasteiger partial charge in [-0.1, -0.05) is 5.16 Å². The average molecular weight is 211 g/mol. The monoisotopic (exact) mass is 211 g/mol. The van der Waals surface area contributed by atoms with Crippen molar-refractivity contribution in [3.63, 3.8) is 0 Å². The average Bonchev–Trinajstić information content (AvgIpc) is 2.67. The minimum absolute atomic E-state index is 0.0170. The summed E-state index contributed by atoms with van der Waals surface area (Å²) in [6.07, 6.45) is 2.30. The van der Waals surface area contributed by atoms with Crippen molar-refractivity contribution >= 4 is 11.7 Å². The van der Waals surface area contributed by atoms with Gasteiger partial charge in [0.2, 0.25) is 12.3 Å². The van der Waals surface area contributed by atoms with Crippen LogP contribution in [0.2, 0.25) is 0 Å². The predicted octanol–water partition coefficient (Wildman–Crippen LogP) is 0.0975. The fourth-order valence-electron chi connectivity index (χ4n) is 0.994. The molecule has 1 aromatic rings. The zero-order chi connectivity index (χ0) is 11.1. The molecule has 1 rings (SSSR count). The van der Waals surface area contributed by atoms with Gasteiger partial charge < -0.3 is 14.6 Å². The first-order valence-corrected chi connectivity index (χ1v) is 4.70. The second kappa shape index (κ2) is 5.90. The van der Waals surface area contributed by atoms with E-state index in [1.165, 1.54) is 13.3 Å². The van der Waals surface area contributed by atoms with Crippen molar-refractivity contribution in [2.24, 2.45) is 0 Å². The Balaban J connectivity index is 2.09. The van der Waals surface area contributed by atoms with Gasteiger partial charge in [-0.2, -0.15) is 4.98 Å². The molecule has 1 amide bonds. The van der Waals surface area contributed by atoms with E-state index in [-0.39, 0.29) is 24.5 Å². The van der Waals surface area contributed by atoms with Gasteiger partial charge >= 0.3 is 0 Å². The van der Waals surface area contributed by atoms with Crippen LogP contribution in [0.25, 0.3) is 0 Å². The van der Waals surface area contributed by atoms with Crippen LogP contribution in [0.3, 0.4) is 0 Å². The molecule has 0 saturated carbocycles. The lowest BCUT2D eigenvalue weighted by Gasteiger charge is -2.01. The molecule has 6 nitrogen and oxygen atoms in total. The summed E-state index contributed by atoms with van der Waals surface area (Å²) in [5.41, 5.74) is 0.